The Hall–Kier alpha value is -4.73. The van der Waals surface area contributed by atoms with E-state index in [1.165, 1.54) is 6.07 Å². The number of methoxy groups -OCH3 is 2. The Balaban J connectivity index is 1.76. The topological polar surface area (TPSA) is 91.0 Å². The molecule has 7 nitrogen and oxygen atoms in total. The number of amidine groups is 1. The number of pyridine rings is 1. The number of rotatable bonds is 7. The van der Waals surface area contributed by atoms with E-state index in [2.05, 4.69) is 15.3 Å². The number of hydrogen-bond acceptors (Lipinski definition) is 7. The molecular formula is C31H29F3N4O3. The molecule has 0 aliphatic carbocycles. The summed E-state index contributed by atoms with van der Waals surface area (Å²) in [5, 5.41) is 3.32. The van der Waals surface area contributed by atoms with Crippen LogP contribution in [0.3, 0.4) is 0 Å². The molecule has 1 aliphatic rings. The minimum absolute atomic E-state index is 0.108. The highest BCUT2D eigenvalue weighted by atomic mass is 19.3. The molecule has 41 heavy (non-hydrogen) atoms. The molecule has 0 amide bonds. The van der Waals surface area contributed by atoms with Crippen LogP contribution < -0.4 is 20.5 Å². The van der Waals surface area contributed by atoms with Gasteiger partial charge in [0, 0.05) is 0 Å². The lowest BCUT2D eigenvalue weighted by atomic mass is 9.77. The van der Waals surface area contributed by atoms with E-state index in [0.29, 0.717) is 17.1 Å². The molecule has 1 unspecified atom stereocenters. The number of nitrogens with zero attached hydrogens (tertiary/aromatic N) is 2. The number of anilines is 1. The summed E-state index contributed by atoms with van der Waals surface area (Å²) >= 11 is 0. The van der Waals surface area contributed by atoms with Crippen molar-refractivity contribution in [1.82, 2.24) is 10.3 Å². The third kappa shape index (κ3) is 4.90. The summed E-state index contributed by atoms with van der Waals surface area (Å²) in [4.78, 5) is 8.21. The summed E-state index contributed by atoms with van der Waals surface area (Å²) in [6, 6.07) is 26.0. The van der Waals surface area contributed by atoms with Crippen LogP contribution >= 0.6 is 0 Å². The predicted molar refractivity (Wildman–Crippen MR) is 150 cm³/mol. The van der Waals surface area contributed by atoms with Gasteiger partial charge >= 0.3 is 5.92 Å². The molecule has 3 N–H and O–H groups in total. The number of hydrogen-bond donors (Lipinski definition) is 2. The van der Waals surface area contributed by atoms with E-state index in [4.69, 9.17) is 19.9 Å². The van der Waals surface area contributed by atoms with Gasteiger partial charge in [-0.15, -0.1) is 0 Å². The van der Waals surface area contributed by atoms with Crippen molar-refractivity contribution in [2.75, 3.05) is 26.6 Å². The van der Waals surface area contributed by atoms with Crippen LogP contribution in [0.5, 0.6) is 11.5 Å². The molecule has 0 fully saturated rings. The van der Waals surface area contributed by atoms with E-state index in [1.807, 2.05) is 60.7 Å². The lowest BCUT2D eigenvalue weighted by Gasteiger charge is -2.42. The molecule has 0 spiro atoms. The summed E-state index contributed by atoms with van der Waals surface area (Å²) in [7, 11) is 3.12. The maximum Gasteiger partial charge on any atom is 0.311 e. The molecule has 2 atom stereocenters. The smallest absolute Gasteiger partial charge is 0.311 e. The van der Waals surface area contributed by atoms with Crippen molar-refractivity contribution >= 4 is 11.8 Å². The van der Waals surface area contributed by atoms with Gasteiger partial charge in [0.25, 0.3) is 6.02 Å². The number of alkyl halides is 2. The molecule has 10 heteroatoms. The first-order valence-corrected chi connectivity index (χ1v) is 12.8. The number of halogens is 3. The number of nitrogens with two attached hydrogens (primary N) is 1. The van der Waals surface area contributed by atoms with E-state index in [1.54, 1.807) is 32.4 Å². The number of nitrogen functional groups attached to an aromatic ring is 1. The molecule has 212 valence electrons. The summed E-state index contributed by atoms with van der Waals surface area (Å²) in [5.74, 6) is -3.47. The van der Waals surface area contributed by atoms with Crippen LogP contribution in [0.25, 0.3) is 0 Å². The number of aliphatic imine (C=N–C) groups is 1. The van der Waals surface area contributed by atoms with E-state index in [-0.39, 0.29) is 11.8 Å². The Kier molecular flexibility index (Phi) is 7.25. The zero-order chi connectivity index (χ0) is 29.3. The van der Waals surface area contributed by atoms with E-state index >= 15 is 8.78 Å². The first kappa shape index (κ1) is 27.8. The van der Waals surface area contributed by atoms with Gasteiger partial charge in [-0.3, -0.25) is 0 Å². The number of ether oxygens (including phenoxy) is 3. The molecule has 0 saturated carbocycles. The van der Waals surface area contributed by atoms with Crippen molar-refractivity contribution in [2.24, 2.45) is 4.99 Å². The van der Waals surface area contributed by atoms with Crippen molar-refractivity contribution in [1.29, 1.82) is 0 Å². The van der Waals surface area contributed by atoms with Gasteiger partial charge in [0.15, 0.2) is 12.1 Å². The van der Waals surface area contributed by atoms with Gasteiger partial charge in [-0.2, -0.15) is 8.78 Å². The number of aromatic nitrogens is 1. The Labute approximate surface area is 235 Å². The average Bonchev–Trinajstić information content (AvgIpc) is 2.99. The van der Waals surface area contributed by atoms with Gasteiger partial charge in [0.1, 0.15) is 34.4 Å². The third-order valence-corrected chi connectivity index (χ3v) is 7.28. The quantitative estimate of drug-likeness (QED) is 0.284. The minimum Gasteiger partial charge on any atom is -0.497 e. The maximum absolute atomic E-state index is 15.5. The largest absolute Gasteiger partial charge is 0.497 e. The summed E-state index contributed by atoms with van der Waals surface area (Å²) in [6.07, 6.45) is 0. The van der Waals surface area contributed by atoms with Crippen molar-refractivity contribution in [3.8, 4) is 11.5 Å². The van der Waals surface area contributed by atoms with Crippen LogP contribution in [-0.4, -0.2) is 37.8 Å². The zero-order valence-corrected chi connectivity index (χ0v) is 22.7. The molecular weight excluding hydrogens is 533 g/mol. The fourth-order valence-electron chi connectivity index (χ4n) is 4.97. The summed E-state index contributed by atoms with van der Waals surface area (Å²) < 4.78 is 62.3. The highest BCUT2D eigenvalue weighted by Gasteiger charge is 2.58. The Morgan fingerprint density at radius 2 is 1.51 bits per heavy atom. The summed E-state index contributed by atoms with van der Waals surface area (Å²) in [5.41, 5.74) is 3.69. The van der Waals surface area contributed by atoms with E-state index < -0.39 is 35.1 Å². The molecule has 0 saturated heterocycles. The average molecular weight is 563 g/mol. The van der Waals surface area contributed by atoms with Gasteiger partial charge in [0.2, 0.25) is 0 Å². The van der Waals surface area contributed by atoms with E-state index in [0.717, 1.165) is 24.1 Å². The molecule has 5 rings (SSSR count). The number of nitrogens with one attached hydrogen (secondary N) is 1. The van der Waals surface area contributed by atoms with Gasteiger partial charge in [0.05, 0.1) is 14.2 Å². The first-order chi connectivity index (χ1) is 19.6. The lowest BCUT2D eigenvalue weighted by Crippen LogP contribution is -2.56. The second kappa shape index (κ2) is 10.7. The van der Waals surface area contributed by atoms with Crippen LogP contribution in [-0.2, 0) is 15.8 Å². The Morgan fingerprint density at radius 3 is 2.20 bits per heavy atom. The molecule has 4 aromatic rings. The molecule has 1 aliphatic heterocycles. The van der Waals surface area contributed by atoms with Crippen LogP contribution in [0.2, 0.25) is 0 Å². The lowest BCUT2D eigenvalue weighted by molar-refractivity contribution is -0.119. The SMILES string of the molecule is COc1ccc(C(NC2=N[C@](C)(c3nc(N)ccc3F)C(F)(F)CO2)(c2ccccc2)c2cccc(OC)c2)cc1. The Morgan fingerprint density at radius 1 is 0.854 bits per heavy atom. The highest BCUT2D eigenvalue weighted by molar-refractivity contribution is 5.79. The number of benzene rings is 3. The normalized spacial score (nSPS) is 19.3. The van der Waals surface area contributed by atoms with Crippen molar-refractivity contribution < 1.29 is 27.4 Å². The standard InChI is InChI=1S/C31H29F3N4O3/c1-29(27-25(32)16-17-26(35)36-27)30(33,34)19-41-28(37-29)38-31(20-8-5-4-6-9-20,21-12-14-23(39-2)15-13-21)22-10-7-11-24(18-22)40-3/h4-18H,19H2,1-3H3,(H2,35,36)(H,37,38)/t29-,31?/m1/s1. The molecule has 2 heterocycles. The second-order valence-corrected chi connectivity index (χ2v) is 9.75. The fraction of sp³-hybridized carbons (Fsp3) is 0.226. The Bertz CT molecular complexity index is 1570. The van der Waals surface area contributed by atoms with Gasteiger partial charge in [-0.05, 0) is 60.0 Å². The van der Waals surface area contributed by atoms with Crippen LogP contribution in [0, 0.1) is 5.82 Å². The van der Waals surface area contributed by atoms with E-state index in [9.17, 15) is 4.39 Å². The van der Waals surface area contributed by atoms with Gasteiger partial charge in [-0.25, -0.2) is 14.4 Å². The monoisotopic (exact) mass is 562 g/mol. The van der Waals surface area contributed by atoms with Crippen molar-refractivity contribution in [3.63, 3.8) is 0 Å². The van der Waals surface area contributed by atoms with Gasteiger partial charge in [-0.1, -0.05) is 54.6 Å². The first-order valence-electron chi connectivity index (χ1n) is 12.8. The van der Waals surface area contributed by atoms with Crippen LogP contribution in [0.15, 0.2) is 96.0 Å². The molecule has 1 aromatic heterocycles. The van der Waals surface area contributed by atoms with Crippen molar-refractivity contribution in [2.45, 2.75) is 23.9 Å². The predicted octanol–water partition coefficient (Wildman–Crippen LogP) is 5.64. The van der Waals surface area contributed by atoms with Crippen LogP contribution in [0.4, 0.5) is 19.0 Å². The minimum atomic E-state index is -3.61. The zero-order valence-electron chi connectivity index (χ0n) is 22.7. The molecule has 3 aromatic carbocycles. The molecule has 0 bridgehead atoms. The third-order valence-electron chi connectivity index (χ3n) is 7.28. The summed E-state index contributed by atoms with van der Waals surface area (Å²) in [6.45, 7) is 0.0437. The van der Waals surface area contributed by atoms with Gasteiger partial charge < -0.3 is 25.3 Å². The van der Waals surface area contributed by atoms with Crippen molar-refractivity contribution in [3.05, 3.63) is 119 Å². The second-order valence-electron chi connectivity index (χ2n) is 9.75. The van der Waals surface area contributed by atoms with Crippen LogP contribution in [0.1, 0.15) is 29.3 Å². The fourth-order valence-corrected chi connectivity index (χ4v) is 4.97. The highest BCUT2D eigenvalue weighted by Crippen LogP contribution is 2.45. The maximum atomic E-state index is 15.5. The molecule has 0 radical (unpaired) electrons.